The molecule has 0 fully saturated rings. The van der Waals surface area contributed by atoms with Crippen LogP contribution in [0.2, 0.25) is 0 Å². The van der Waals surface area contributed by atoms with E-state index in [9.17, 15) is 0 Å². The highest BCUT2D eigenvalue weighted by Crippen LogP contribution is 2.04. The minimum absolute atomic E-state index is 0. The molecule has 0 heterocycles. The molecule has 0 aromatic carbocycles. The molecular weight excluding hydrogens is 363 g/mol. The van der Waals surface area contributed by atoms with Crippen LogP contribution < -0.4 is 10.6 Å². The monoisotopic (exact) mass is 398 g/mol. The largest absolute Gasteiger partial charge is 0.357 e. The highest BCUT2D eigenvalue weighted by atomic mass is 127. The summed E-state index contributed by atoms with van der Waals surface area (Å²) in [5.74, 6) is 1.78. The van der Waals surface area contributed by atoms with Crippen molar-refractivity contribution in [3.05, 3.63) is 0 Å². The first-order chi connectivity index (χ1) is 9.06. The summed E-state index contributed by atoms with van der Waals surface area (Å²) in [6.07, 6.45) is 4.94. The number of aliphatic imine (C=N–C) groups is 1. The smallest absolute Gasteiger partial charge is 0.191 e. The van der Waals surface area contributed by atoms with E-state index in [-0.39, 0.29) is 24.0 Å². The number of halogens is 1. The van der Waals surface area contributed by atoms with Crippen molar-refractivity contribution in [1.82, 2.24) is 15.5 Å². The second kappa shape index (κ2) is 15.4. The number of nitrogens with zero attached hydrogens (tertiary/aromatic N) is 2. The molecule has 0 saturated carbocycles. The van der Waals surface area contributed by atoms with Gasteiger partial charge in [-0.2, -0.15) is 0 Å². The van der Waals surface area contributed by atoms with Gasteiger partial charge in [-0.05, 0) is 46.3 Å². The summed E-state index contributed by atoms with van der Waals surface area (Å²) in [7, 11) is 4.20. The molecule has 0 aliphatic rings. The van der Waals surface area contributed by atoms with Crippen LogP contribution >= 0.6 is 24.0 Å². The molecule has 4 nitrogen and oxygen atoms in total. The minimum Gasteiger partial charge on any atom is -0.357 e. The zero-order valence-corrected chi connectivity index (χ0v) is 16.4. The van der Waals surface area contributed by atoms with E-state index in [1.165, 1.54) is 19.3 Å². The van der Waals surface area contributed by atoms with Gasteiger partial charge in [-0.1, -0.05) is 26.7 Å². The van der Waals surface area contributed by atoms with Crippen LogP contribution in [-0.4, -0.2) is 51.1 Å². The van der Waals surface area contributed by atoms with Gasteiger partial charge >= 0.3 is 0 Å². The normalized spacial score (nSPS) is 11.7. The summed E-state index contributed by atoms with van der Waals surface area (Å²) in [6, 6.07) is 0. The Balaban J connectivity index is 0. The summed E-state index contributed by atoms with van der Waals surface area (Å²) >= 11 is 0. The van der Waals surface area contributed by atoms with Gasteiger partial charge in [0.1, 0.15) is 0 Å². The first-order valence-electron chi connectivity index (χ1n) is 7.73. The van der Waals surface area contributed by atoms with Crippen molar-refractivity contribution < 1.29 is 0 Å². The summed E-state index contributed by atoms with van der Waals surface area (Å²) in [6.45, 7) is 10.6. The average molecular weight is 398 g/mol. The van der Waals surface area contributed by atoms with Gasteiger partial charge in [-0.25, -0.2) is 0 Å². The molecule has 0 spiro atoms. The molecule has 0 amide bonds. The summed E-state index contributed by atoms with van der Waals surface area (Å²) in [5, 5.41) is 6.70. The van der Waals surface area contributed by atoms with Crippen molar-refractivity contribution in [3.63, 3.8) is 0 Å². The lowest BCUT2D eigenvalue weighted by Gasteiger charge is -2.12. The highest BCUT2D eigenvalue weighted by molar-refractivity contribution is 14.0. The molecule has 0 aromatic heterocycles. The first-order valence-corrected chi connectivity index (χ1v) is 7.73. The van der Waals surface area contributed by atoms with Crippen molar-refractivity contribution in [2.75, 3.05) is 40.3 Å². The molecule has 0 radical (unpaired) electrons. The standard InChI is InChI=1S/C15H34N4.HI/c1-6-16-15(18-12-9-13-19(4)5)17-11-8-7-10-14(2)3;/h14H,6-13H2,1-5H3,(H2,16,17,18);1H. The second-order valence-electron chi connectivity index (χ2n) is 5.73. The molecule has 0 atom stereocenters. The zero-order valence-electron chi connectivity index (χ0n) is 14.0. The van der Waals surface area contributed by atoms with E-state index >= 15 is 0 Å². The van der Waals surface area contributed by atoms with E-state index in [0.717, 1.165) is 44.5 Å². The van der Waals surface area contributed by atoms with Crippen molar-refractivity contribution in [2.45, 2.75) is 46.5 Å². The lowest BCUT2D eigenvalue weighted by Crippen LogP contribution is -2.38. The van der Waals surface area contributed by atoms with E-state index in [0.29, 0.717) is 0 Å². The van der Waals surface area contributed by atoms with Gasteiger partial charge < -0.3 is 15.5 Å². The Labute approximate surface area is 143 Å². The maximum Gasteiger partial charge on any atom is 0.191 e. The van der Waals surface area contributed by atoms with Crippen molar-refractivity contribution >= 4 is 29.9 Å². The van der Waals surface area contributed by atoms with Gasteiger partial charge in [-0.3, -0.25) is 4.99 Å². The number of hydrogen-bond acceptors (Lipinski definition) is 2. The number of hydrogen-bond donors (Lipinski definition) is 2. The quantitative estimate of drug-likeness (QED) is 0.257. The summed E-state index contributed by atoms with van der Waals surface area (Å²) in [5.41, 5.74) is 0. The first kappa shape index (κ1) is 22.2. The number of guanidine groups is 1. The molecule has 2 N–H and O–H groups in total. The fourth-order valence-electron chi connectivity index (χ4n) is 1.80. The van der Waals surface area contributed by atoms with Crippen molar-refractivity contribution in [1.29, 1.82) is 0 Å². The molecule has 0 bridgehead atoms. The van der Waals surface area contributed by atoms with Gasteiger partial charge in [0.25, 0.3) is 0 Å². The molecule has 0 rings (SSSR count). The maximum absolute atomic E-state index is 4.59. The van der Waals surface area contributed by atoms with E-state index in [4.69, 9.17) is 0 Å². The molecule has 0 aliphatic carbocycles. The van der Waals surface area contributed by atoms with Crippen LogP contribution in [-0.2, 0) is 0 Å². The van der Waals surface area contributed by atoms with Crippen LogP contribution in [0.15, 0.2) is 4.99 Å². The fourth-order valence-corrected chi connectivity index (χ4v) is 1.80. The van der Waals surface area contributed by atoms with Crippen LogP contribution in [0.1, 0.15) is 46.5 Å². The Bertz CT molecular complexity index is 230. The van der Waals surface area contributed by atoms with E-state index < -0.39 is 0 Å². The third-order valence-corrected chi connectivity index (χ3v) is 2.88. The SMILES string of the molecule is CCNC(=NCCCN(C)C)NCCCCC(C)C.I. The Kier molecular flexibility index (Phi) is 17.1. The Morgan fingerprint density at radius 1 is 1.10 bits per heavy atom. The second-order valence-corrected chi connectivity index (χ2v) is 5.73. The van der Waals surface area contributed by atoms with E-state index in [2.05, 4.69) is 55.4 Å². The van der Waals surface area contributed by atoms with Gasteiger partial charge in [0.15, 0.2) is 5.96 Å². The summed E-state index contributed by atoms with van der Waals surface area (Å²) in [4.78, 5) is 6.78. The molecule has 0 aromatic rings. The molecule has 5 heteroatoms. The third-order valence-electron chi connectivity index (χ3n) is 2.88. The molecule has 0 unspecified atom stereocenters. The van der Waals surface area contributed by atoms with Crippen LogP contribution in [0.5, 0.6) is 0 Å². The molecule has 20 heavy (non-hydrogen) atoms. The number of unbranched alkanes of at least 4 members (excludes halogenated alkanes) is 1. The van der Waals surface area contributed by atoms with Crippen LogP contribution in [0.25, 0.3) is 0 Å². The summed E-state index contributed by atoms with van der Waals surface area (Å²) < 4.78 is 0. The van der Waals surface area contributed by atoms with Gasteiger partial charge in [0.2, 0.25) is 0 Å². The van der Waals surface area contributed by atoms with Crippen LogP contribution in [0.4, 0.5) is 0 Å². The van der Waals surface area contributed by atoms with Crippen molar-refractivity contribution in [2.24, 2.45) is 10.9 Å². The lowest BCUT2D eigenvalue weighted by molar-refractivity contribution is 0.403. The number of rotatable bonds is 10. The zero-order chi connectivity index (χ0) is 14.5. The molecule has 0 aliphatic heterocycles. The Morgan fingerprint density at radius 2 is 1.80 bits per heavy atom. The maximum atomic E-state index is 4.59. The molecule has 122 valence electrons. The van der Waals surface area contributed by atoms with Crippen LogP contribution in [0, 0.1) is 5.92 Å². The average Bonchev–Trinajstić information content (AvgIpc) is 2.33. The van der Waals surface area contributed by atoms with E-state index in [1.807, 2.05) is 0 Å². The van der Waals surface area contributed by atoms with Gasteiger partial charge in [-0.15, -0.1) is 24.0 Å². The fraction of sp³-hybridized carbons (Fsp3) is 0.933. The molecule has 0 saturated heterocycles. The van der Waals surface area contributed by atoms with Gasteiger partial charge in [0, 0.05) is 19.6 Å². The van der Waals surface area contributed by atoms with Crippen LogP contribution in [0.3, 0.4) is 0 Å². The topological polar surface area (TPSA) is 39.7 Å². The van der Waals surface area contributed by atoms with Gasteiger partial charge in [0.05, 0.1) is 0 Å². The Morgan fingerprint density at radius 3 is 2.35 bits per heavy atom. The Hall–Kier alpha value is -0.0400. The highest BCUT2D eigenvalue weighted by Gasteiger charge is 1.98. The predicted octanol–water partition coefficient (Wildman–Crippen LogP) is 2.94. The van der Waals surface area contributed by atoms with Crippen molar-refractivity contribution in [3.8, 4) is 0 Å². The lowest BCUT2D eigenvalue weighted by atomic mass is 10.1. The van der Waals surface area contributed by atoms with E-state index in [1.54, 1.807) is 0 Å². The minimum atomic E-state index is 0. The predicted molar refractivity (Wildman–Crippen MR) is 101 cm³/mol. The third kappa shape index (κ3) is 16.0. The molecular formula is C15H35IN4. The number of nitrogens with one attached hydrogen (secondary N) is 2.